The van der Waals surface area contributed by atoms with Gasteiger partial charge in [0.25, 0.3) is 5.91 Å². The van der Waals surface area contributed by atoms with Crippen molar-refractivity contribution in [1.82, 2.24) is 20.1 Å². The summed E-state index contributed by atoms with van der Waals surface area (Å²) in [7, 11) is 1.78. The number of ether oxygens (including phenoxy) is 1. The number of halogens is 1. The molecule has 128 valence electrons. The third-order valence-corrected chi connectivity index (χ3v) is 4.59. The van der Waals surface area contributed by atoms with Gasteiger partial charge in [-0.25, -0.2) is 4.68 Å². The average molecular weight is 394 g/mol. The molecule has 0 unspecified atom stereocenters. The Morgan fingerprint density at radius 2 is 2.17 bits per heavy atom. The van der Waals surface area contributed by atoms with E-state index in [0.717, 1.165) is 36.2 Å². The molecule has 1 saturated heterocycles. The summed E-state index contributed by atoms with van der Waals surface area (Å²) in [5.41, 5.74) is 0. The van der Waals surface area contributed by atoms with Gasteiger partial charge < -0.3 is 10.1 Å². The lowest BCUT2D eigenvalue weighted by Gasteiger charge is -2.19. The van der Waals surface area contributed by atoms with Crippen LogP contribution < -0.4 is 15.4 Å². The molecule has 0 spiro atoms. The topological polar surface area (TPSA) is 81.1 Å². The van der Waals surface area contributed by atoms with Gasteiger partial charge >= 0.3 is 0 Å². The first-order valence-corrected chi connectivity index (χ1v) is 8.71. The number of hydrogen-bond acceptors (Lipinski definition) is 5. The number of piperidine rings is 1. The van der Waals surface area contributed by atoms with E-state index in [2.05, 4.69) is 36.6 Å². The SMILES string of the molecule is Cn1nc(C2CCNCC2)nc1NC(=O)COc1ccccc1Br. The number of rotatable bonds is 5. The summed E-state index contributed by atoms with van der Waals surface area (Å²) in [6.07, 6.45) is 2.03. The zero-order chi connectivity index (χ0) is 16.9. The second-order valence-electron chi connectivity index (χ2n) is 5.71. The van der Waals surface area contributed by atoms with Crippen LogP contribution in [0.1, 0.15) is 24.6 Å². The Morgan fingerprint density at radius 3 is 2.92 bits per heavy atom. The summed E-state index contributed by atoms with van der Waals surface area (Å²) in [4.78, 5) is 16.6. The fraction of sp³-hybridized carbons (Fsp3) is 0.438. The molecule has 1 aromatic carbocycles. The number of aromatic nitrogens is 3. The molecule has 1 fully saturated rings. The molecule has 0 bridgehead atoms. The second kappa shape index (κ2) is 7.76. The first-order chi connectivity index (χ1) is 11.6. The van der Waals surface area contributed by atoms with Crippen molar-refractivity contribution in [3.8, 4) is 5.75 Å². The van der Waals surface area contributed by atoms with Crippen LogP contribution in [0.4, 0.5) is 5.95 Å². The lowest BCUT2D eigenvalue weighted by atomic mass is 9.98. The molecule has 1 aromatic heterocycles. The molecule has 8 heteroatoms. The number of amides is 1. The number of hydrogen-bond donors (Lipinski definition) is 2. The summed E-state index contributed by atoms with van der Waals surface area (Å²) >= 11 is 3.38. The Morgan fingerprint density at radius 1 is 1.42 bits per heavy atom. The summed E-state index contributed by atoms with van der Waals surface area (Å²) < 4.78 is 7.92. The summed E-state index contributed by atoms with van der Waals surface area (Å²) in [5, 5.41) is 10.5. The minimum absolute atomic E-state index is 0.0852. The minimum Gasteiger partial charge on any atom is -0.483 e. The molecule has 0 saturated carbocycles. The molecule has 2 heterocycles. The third-order valence-electron chi connectivity index (χ3n) is 3.93. The highest BCUT2D eigenvalue weighted by atomic mass is 79.9. The van der Waals surface area contributed by atoms with E-state index in [-0.39, 0.29) is 12.5 Å². The Labute approximate surface area is 148 Å². The third kappa shape index (κ3) is 4.12. The molecule has 2 N–H and O–H groups in total. The van der Waals surface area contributed by atoms with Gasteiger partial charge in [0, 0.05) is 13.0 Å². The number of carbonyl (C=O) groups is 1. The highest BCUT2D eigenvalue weighted by Gasteiger charge is 2.21. The first-order valence-electron chi connectivity index (χ1n) is 7.92. The first kappa shape index (κ1) is 16.9. The van der Waals surface area contributed by atoms with Crippen molar-refractivity contribution in [2.24, 2.45) is 7.05 Å². The molecule has 0 atom stereocenters. The van der Waals surface area contributed by atoms with Crippen LogP contribution in [0.3, 0.4) is 0 Å². The van der Waals surface area contributed by atoms with Crippen LogP contribution in [0.2, 0.25) is 0 Å². The molecule has 7 nitrogen and oxygen atoms in total. The van der Waals surface area contributed by atoms with Gasteiger partial charge in [0.15, 0.2) is 12.4 Å². The zero-order valence-electron chi connectivity index (χ0n) is 13.5. The van der Waals surface area contributed by atoms with Gasteiger partial charge in [0.1, 0.15) is 5.75 Å². The van der Waals surface area contributed by atoms with Crippen molar-refractivity contribution in [2.45, 2.75) is 18.8 Å². The van der Waals surface area contributed by atoms with E-state index in [1.54, 1.807) is 17.8 Å². The van der Waals surface area contributed by atoms with Gasteiger partial charge in [0.2, 0.25) is 5.95 Å². The Bertz CT molecular complexity index is 712. The van der Waals surface area contributed by atoms with Crippen molar-refractivity contribution < 1.29 is 9.53 Å². The predicted molar refractivity (Wildman–Crippen MR) is 94.1 cm³/mol. The molecule has 0 aliphatic carbocycles. The number of para-hydroxylation sites is 1. The zero-order valence-corrected chi connectivity index (χ0v) is 15.0. The predicted octanol–water partition coefficient (Wildman–Crippen LogP) is 2.06. The van der Waals surface area contributed by atoms with Crippen LogP contribution in [0.5, 0.6) is 5.75 Å². The van der Waals surface area contributed by atoms with Crippen molar-refractivity contribution in [3.63, 3.8) is 0 Å². The maximum atomic E-state index is 12.1. The number of nitrogens with one attached hydrogen (secondary N) is 2. The fourth-order valence-electron chi connectivity index (χ4n) is 2.63. The molecule has 0 radical (unpaired) electrons. The standard InChI is InChI=1S/C16H20BrN5O2/c1-22-16(20-15(21-22)11-6-8-18-9-7-11)19-14(23)10-24-13-5-3-2-4-12(13)17/h2-5,11,18H,6-10H2,1H3,(H,19,20,21,23). The highest BCUT2D eigenvalue weighted by molar-refractivity contribution is 9.10. The Balaban J connectivity index is 1.58. The van der Waals surface area contributed by atoms with Crippen molar-refractivity contribution in [2.75, 3.05) is 25.0 Å². The molecular weight excluding hydrogens is 374 g/mol. The van der Waals surface area contributed by atoms with E-state index >= 15 is 0 Å². The number of benzene rings is 1. The lowest BCUT2D eigenvalue weighted by Crippen LogP contribution is -2.27. The summed E-state index contributed by atoms with van der Waals surface area (Å²) in [5.74, 6) is 1.95. The summed E-state index contributed by atoms with van der Waals surface area (Å²) in [6, 6.07) is 7.40. The molecule has 3 rings (SSSR count). The number of carbonyl (C=O) groups excluding carboxylic acids is 1. The van der Waals surface area contributed by atoms with Crippen LogP contribution in [0, 0.1) is 0 Å². The van der Waals surface area contributed by atoms with E-state index in [4.69, 9.17) is 4.74 Å². The van der Waals surface area contributed by atoms with Gasteiger partial charge in [-0.1, -0.05) is 12.1 Å². The summed E-state index contributed by atoms with van der Waals surface area (Å²) in [6.45, 7) is 1.87. The normalized spacial score (nSPS) is 15.2. The number of anilines is 1. The van der Waals surface area contributed by atoms with Gasteiger partial charge in [-0.05, 0) is 54.0 Å². The maximum absolute atomic E-state index is 12.1. The molecular formula is C16H20BrN5O2. The van der Waals surface area contributed by atoms with Gasteiger partial charge in [-0.2, -0.15) is 10.1 Å². The maximum Gasteiger partial charge on any atom is 0.264 e. The molecule has 24 heavy (non-hydrogen) atoms. The monoisotopic (exact) mass is 393 g/mol. The van der Waals surface area contributed by atoms with Crippen LogP contribution >= 0.6 is 15.9 Å². The van der Waals surface area contributed by atoms with Gasteiger partial charge in [0.05, 0.1) is 4.47 Å². The quantitative estimate of drug-likeness (QED) is 0.812. The smallest absolute Gasteiger partial charge is 0.264 e. The molecule has 1 aliphatic heterocycles. The van der Waals surface area contributed by atoms with Crippen molar-refractivity contribution in [1.29, 1.82) is 0 Å². The van der Waals surface area contributed by atoms with Crippen LogP contribution in [-0.2, 0) is 11.8 Å². The fourth-order valence-corrected chi connectivity index (χ4v) is 3.03. The number of aryl methyl sites for hydroxylation is 1. The van der Waals surface area contributed by atoms with Crippen molar-refractivity contribution >= 4 is 27.8 Å². The van der Waals surface area contributed by atoms with E-state index in [9.17, 15) is 4.79 Å². The largest absolute Gasteiger partial charge is 0.483 e. The second-order valence-corrected chi connectivity index (χ2v) is 6.56. The minimum atomic E-state index is -0.266. The van der Waals surface area contributed by atoms with Crippen LogP contribution in [0.25, 0.3) is 0 Å². The van der Waals surface area contributed by atoms with Crippen LogP contribution in [-0.4, -0.2) is 40.4 Å². The van der Waals surface area contributed by atoms with E-state index in [1.165, 1.54) is 0 Å². The Hall–Kier alpha value is -1.93. The van der Waals surface area contributed by atoms with E-state index in [0.29, 0.717) is 17.6 Å². The molecule has 2 aromatic rings. The molecule has 1 amide bonds. The van der Waals surface area contributed by atoms with E-state index in [1.807, 2.05) is 18.2 Å². The highest BCUT2D eigenvalue weighted by Crippen LogP contribution is 2.24. The van der Waals surface area contributed by atoms with Gasteiger partial charge in [-0.15, -0.1) is 0 Å². The number of nitrogens with zero attached hydrogens (tertiary/aromatic N) is 3. The van der Waals surface area contributed by atoms with Crippen molar-refractivity contribution in [3.05, 3.63) is 34.6 Å². The lowest BCUT2D eigenvalue weighted by molar-refractivity contribution is -0.118. The van der Waals surface area contributed by atoms with E-state index < -0.39 is 0 Å². The Kier molecular flexibility index (Phi) is 5.47. The molecule has 1 aliphatic rings. The average Bonchev–Trinajstić information content (AvgIpc) is 2.96. The van der Waals surface area contributed by atoms with Crippen LogP contribution in [0.15, 0.2) is 28.7 Å². The van der Waals surface area contributed by atoms with Gasteiger partial charge in [-0.3, -0.25) is 10.1 Å².